The predicted octanol–water partition coefficient (Wildman–Crippen LogP) is 0.582. The van der Waals surface area contributed by atoms with Gasteiger partial charge >= 0.3 is 0 Å². The number of rotatable bonds is 2. The molecule has 2 heterocycles. The lowest BCUT2D eigenvalue weighted by atomic mass is 10.2. The zero-order valence-corrected chi connectivity index (χ0v) is 11.2. The van der Waals surface area contributed by atoms with Crippen molar-refractivity contribution in [3.8, 4) is 0 Å². The first-order chi connectivity index (χ1) is 8.58. The number of carbonyl (C=O) groups excluding carboxylic acids is 1. The fourth-order valence-electron chi connectivity index (χ4n) is 2.08. The second-order valence-corrected chi connectivity index (χ2v) is 4.91. The molecule has 0 bridgehead atoms. The molecule has 1 atom stereocenters. The van der Waals surface area contributed by atoms with Gasteiger partial charge in [0.05, 0.1) is 5.56 Å². The van der Waals surface area contributed by atoms with Crippen LogP contribution in [0.1, 0.15) is 17.3 Å². The minimum absolute atomic E-state index is 0.0705. The summed E-state index contributed by atoms with van der Waals surface area (Å²) in [5, 5.41) is 3.33. The molecule has 1 aromatic heterocycles. The molecule has 5 nitrogen and oxygen atoms in total. The lowest BCUT2D eigenvalue weighted by Crippen LogP contribution is -2.51. The smallest absolute Gasteiger partial charge is 0.255 e. The van der Waals surface area contributed by atoms with Gasteiger partial charge in [0, 0.05) is 46.0 Å². The van der Waals surface area contributed by atoms with Gasteiger partial charge in [-0.05, 0) is 19.1 Å². The van der Waals surface area contributed by atoms with E-state index < -0.39 is 0 Å². The van der Waals surface area contributed by atoms with Crippen LogP contribution in [0.3, 0.4) is 0 Å². The number of carbonyl (C=O) groups is 1. The zero-order chi connectivity index (χ0) is 13.1. The average Bonchev–Trinajstić information content (AvgIpc) is 2.38. The van der Waals surface area contributed by atoms with Crippen LogP contribution in [0, 0.1) is 0 Å². The highest BCUT2D eigenvalue weighted by atomic mass is 16.2. The second kappa shape index (κ2) is 5.35. The SMILES string of the molecule is CC1CN(C(=O)c2ccc(N(C)C)nc2)CCN1. The van der Waals surface area contributed by atoms with Crippen molar-refractivity contribution in [2.24, 2.45) is 0 Å². The van der Waals surface area contributed by atoms with Crippen LogP contribution >= 0.6 is 0 Å². The maximum absolute atomic E-state index is 12.3. The van der Waals surface area contributed by atoms with Crippen LogP contribution in [0.4, 0.5) is 5.82 Å². The van der Waals surface area contributed by atoms with Crippen LogP contribution in [-0.4, -0.2) is 55.6 Å². The summed E-state index contributed by atoms with van der Waals surface area (Å²) < 4.78 is 0. The zero-order valence-electron chi connectivity index (χ0n) is 11.2. The summed E-state index contributed by atoms with van der Waals surface area (Å²) in [4.78, 5) is 20.3. The molecule has 1 aromatic rings. The molecule has 0 aliphatic carbocycles. The topological polar surface area (TPSA) is 48.5 Å². The Morgan fingerprint density at radius 2 is 2.28 bits per heavy atom. The molecule has 18 heavy (non-hydrogen) atoms. The molecule has 1 saturated heterocycles. The Morgan fingerprint density at radius 1 is 1.50 bits per heavy atom. The van der Waals surface area contributed by atoms with Gasteiger partial charge in [-0.3, -0.25) is 4.79 Å². The molecular formula is C13H20N4O. The summed E-state index contributed by atoms with van der Waals surface area (Å²) in [5.41, 5.74) is 0.662. The summed E-state index contributed by atoms with van der Waals surface area (Å²) in [6.45, 7) is 4.47. The minimum Gasteiger partial charge on any atom is -0.363 e. The molecular weight excluding hydrogens is 228 g/mol. The molecule has 1 aliphatic rings. The molecule has 5 heteroatoms. The van der Waals surface area contributed by atoms with E-state index in [2.05, 4.69) is 17.2 Å². The first kappa shape index (κ1) is 12.8. The van der Waals surface area contributed by atoms with Gasteiger partial charge in [-0.2, -0.15) is 0 Å². The van der Waals surface area contributed by atoms with Gasteiger partial charge in [0.1, 0.15) is 5.82 Å². The van der Waals surface area contributed by atoms with Crippen molar-refractivity contribution in [1.82, 2.24) is 15.2 Å². The number of aromatic nitrogens is 1. The van der Waals surface area contributed by atoms with Crippen molar-refractivity contribution >= 4 is 11.7 Å². The predicted molar refractivity (Wildman–Crippen MR) is 71.9 cm³/mol. The molecule has 1 amide bonds. The lowest BCUT2D eigenvalue weighted by molar-refractivity contribution is 0.0708. The Morgan fingerprint density at radius 3 is 2.83 bits per heavy atom. The van der Waals surface area contributed by atoms with E-state index in [9.17, 15) is 4.79 Å². The van der Waals surface area contributed by atoms with Gasteiger partial charge in [-0.15, -0.1) is 0 Å². The maximum atomic E-state index is 12.3. The first-order valence-electron chi connectivity index (χ1n) is 6.24. The molecule has 1 aliphatic heterocycles. The van der Waals surface area contributed by atoms with Crippen molar-refractivity contribution in [3.05, 3.63) is 23.9 Å². The summed E-state index contributed by atoms with van der Waals surface area (Å²) in [5.74, 6) is 0.932. The lowest BCUT2D eigenvalue weighted by Gasteiger charge is -2.31. The fourth-order valence-corrected chi connectivity index (χ4v) is 2.08. The second-order valence-electron chi connectivity index (χ2n) is 4.91. The van der Waals surface area contributed by atoms with Gasteiger partial charge in [-0.1, -0.05) is 0 Å². The Kier molecular flexibility index (Phi) is 3.81. The van der Waals surface area contributed by atoms with Gasteiger partial charge < -0.3 is 15.1 Å². The van der Waals surface area contributed by atoms with Crippen LogP contribution in [0.2, 0.25) is 0 Å². The van der Waals surface area contributed by atoms with Gasteiger partial charge in [0.2, 0.25) is 0 Å². The quantitative estimate of drug-likeness (QED) is 0.832. The number of piperazine rings is 1. The Bertz CT molecular complexity index is 416. The number of nitrogens with one attached hydrogen (secondary N) is 1. The Balaban J connectivity index is 2.08. The molecule has 2 rings (SSSR count). The number of nitrogens with zero attached hydrogens (tertiary/aromatic N) is 3. The van der Waals surface area contributed by atoms with E-state index in [1.54, 1.807) is 6.20 Å². The monoisotopic (exact) mass is 248 g/mol. The van der Waals surface area contributed by atoms with E-state index in [0.29, 0.717) is 11.6 Å². The first-order valence-corrected chi connectivity index (χ1v) is 6.24. The van der Waals surface area contributed by atoms with Crippen LogP contribution in [0.15, 0.2) is 18.3 Å². The highest BCUT2D eigenvalue weighted by molar-refractivity contribution is 5.94. The minimum atomic E-state index is 0.0705. The van der Waals surface area contributed by atoms with E-state index in [0.717, 1.165) is 25.5 Å². The highest BCUT2D eigenvalue weighted by Gasteiger charge is 2.21. The van der Waals surface area contributed by atoms with Crippen LogP contribution in [-0.2, 0) is 0 Å². The fraction of sp³-hybridized carbons (Fsp3) is 0.538. The van der Waals surface area contributed by atoms with Crippen molar-refractivity contribution in [2.75, 3.05) is 38.6 Å². The summed E-state index contributed by atoms with van der Waals surface area (Å²) >= 11 is 0. The standard InChI is InChI=1S/C13H20N4O/c1-10-9-17(7-6-14-10)13(18)11-4-5-12(15-8-11)16(2)3/h4-5,8,10,14H,6-7,9H2,1-3H3. The third kappa shape index (κ3) is 2.79. The van der Waals surface area contributed by atoms with Crippen LogP contribution < -0.4 is 10.2 Å². The average molecular weight is 248 g/mol. The maximum Gasteiger partial charge on any atom is 0.255 e. The highest BCUT2D eigenvalue weighted by Crippen LogP contribution is 2.11. The third-order valence-corrected chi connectivity index (χ3v) is 3.11. The Hall–Kier alpha value is -1.62. The number of hydrogen-bond acceptors (Lipinski definition) is 4. The molecule has 1 N–H and O–H groups in total. The van der Waals surface area contributed by atoms with Crippen molar-refractivity contribution in [2.45, 2.75) is 13.0 Å². The van der Waals surface area contributed by atoms with Crippen molar-refractivity contribution in [3.63, 3.8) is 0 Å². The van der Waals surface area contributed by atoms with E-state index in [1.165, 1.54) is 0 Å². The van der Waals surface area contributed by atoms with Crippen molar-refractivity contribution in [1.29, 1.82) is 0 Å². The molecule has 98 valence electrons. The largest absolute Gasteiger partial charge is 0.363 e. The van der Waals surface area contributed by atoms with Crippen LogP contribution in [0.25, 0.3) is 0 Å². The molecule has 1 unspecified atom stereocenters. The van der Waals surface area contributed by atoms with Gasteiger partial charge in [-0.25, -0.2) is 4.98 Å². The normalized spacial score (nSPS) is 19.7. The number of hydrogen-bond donors (Lipinski definition) is 1. The third-order valence-electron chi connectivity index (χ3n) is 3.11. The van der Waals surface area contributed by atoms with Gasteiger partial charge in [0.15, 0.2) is 0 Å². The van der Waals surface area contributed by atoms with E-state index >= 15 is 0 Å². The van der Waals surface area contributed by atoms with E-state index in [1.807, 2.05) is 36.0 Å². The van der Waals surface area contributed by atoms with E-state index in [4.69, 9.17) is 0 Å². The number of pyridine rings is 1. The molecule has 0 spiro atoms. The Labute approximate surface area is 108 Å². The summed E-state index contributed by atoms with van der Waals surface area (Å²) in [6, 6.07) is 4.08. The summed E-state index contributed by atoms with van der Waals surface area (Å²) in [7, 11) is 3.86. The van der Waals surface area contributed by atoms with E-state index in [-0.39, 0.29) is 5.91 Å². The van der Waals surface area contributed by atoms with Crippen LogP contribution in [0.5, 0.6) is 0 Å². The molecule has 1 fully saturated rings. The number of anilines is 1. The molecule has 0 saturated carbocycles. The molecule has 0 radical (unpaired) electrons. The summed E-state index contributed by atoms with van der Waals surface area (Å²) in [6.07, 6.45) is 1.66. The van der Waals surface area contributed by atoms with Crippen molar-refractivity contribution < 1.29 is 4.79 Å². The molecule has 0 aromatic carbocycles. The number of amides is 1. The van der Waals surface area contributed by atoms with Gasteiger partial charge in [0.25, 0.3) is 5.91 Å².